The van der Waals surface area contributed by atoms with E-state index >= 15 is 0 Å². The first kappa shape index (κ1) is 14.3. The van der Waals surface area contributed by atoms with E-state index in [2.05, 4.69) is 61.6 Å². The smallest absolute Gasteiger partial charge is 0.0323 e. The molecule has 1 aromatic carbocycles. The summed E-state index contributed by atoms with van der Waals surface area (Å²) in [5.41, 5.74) is 1.41. The molecule has 0 amide bonds. The highest BCUT2D eigenvalue weighted by Gasteiger charge is 2.10. The number of aryl methyl sites for hydroxylation is 2. The molecule has 1 N–H and O–H groups in total. The SMILES string of the molecule is CCCNC(CCc1ccc(C)s1)c1ccccc1. The summed E-state index contributed by atoms with van der Waals surface area (Å²) in [7, 11) is 0. The van der Waals surface area contributed by atoms with E-state index in [4.69, 9.17) is 0 Å². The quantitative estimate of drug-likeness (QED) is 0.769. The van der Waals surface area contributed by atoms with Crippen molar-refractivity contribution in [3.8, 4) is 0 Å². The van der Waals surface area contributed by atoms with Gasteiger partial charge in [0.15, 0.2) is 0 Å². The van der Waals surface area contributed by atoms with Crippen LogP contribution in [0.1, 0.15) is 41.1 Å². The Kier molecular flexibility index (Phi) is 5.62. The predicted molar refractivity (Wildman–Crippen MR) is 84.9 cm³/mol. The second-order valence-corrected chi connectivity index (χ2v) is 6.34. The molecule has 0 saturated heterocycles. The van der Waals surface area contributed by atoms with Gasteiger partial charge in [-0.05, 0) is 50.4 Å². The zero-order valence-electron chi connectivity index (χ0n) is 11.9. The van der Waals surface area contributed by atoms with Crippen LogP contribution in [0.25, 0.3) is 0 Å². The molecule has 1 heterocycles. The molecule has 2 rings (SSSR count). The van der Waals surface area contributed by atoms with E-state index in [1.54, 1.807) is 0 Å². The van der Waals surface area contributed by atoms with Crippen LogP contribution in [0, 0.1) is 6.92 Å². The van der Waals surface area contributed by atoms with Gasteiger partial charge in [0, 0.05) is 15.8 Å². The summed E-state index contributed by atoms with van der Waals surface area (Å²) in [5, 5.41) is 3.67. The third-order valence-electron chi connectivity index (χ3n) is 3.32. The van der Waals surface area contributed by atoms with Gasteiger partial charge in [-0.2, -0.15) is 0 Å². The number of thiophene rings is 1. The molecule has 0 aliphatic carbocycles. The molecular formula is C17H23NS. The maximum atomic E-state index is 3.67. The van der Waals surface area contributed by atoms with Gasteiger partial charge < -0.3 is 5.32 Å². The topological polar surface area (TPSA) is 12.0 Å². The van der Waals surface area contributed by atoms with E-state index in [1.165, 1.54) is 28.2 Å². The Hall–Kier alpha value is -1.12. The van der Waals surface area contributed by atoms with Crippen LogP contribution in [0.3, 0.4) is 0 Å². The minimum Gasteiger partial charge on any atom is -0.310 e. The average Bonchev–Trinajstić information content (AvgIpc) is 2.86. The minimum absolute atomic E-state index is 0.476. The van der Waals surface area contributed by atoms with Gasteiger partial charge in [0.1, 0.15) is 0 Å². The fourth-order valence-electron chi connectivity index (χ4n) is 2.30. The molecule has 0 saturated carbocycles. The zero-order valence-corrected chi connectivity index (χ0v) is 12.7. The van der Waals surface area contributed by atoms with Gasteiger partial charge in [-0.1, -0.05) is 37.3 Å². The molecule has 19 heavy (non-hydrogen) atoms. The Morgan fingerprint density at radius 1 is 1.11 bits per heavy atom. The lowest BCUT2D eigenvalue weighted by molar-refractivity contribution is 0.501. The predicted octanol–water partition coefficient (Wildman–Crippen LogP) is 4.73. The Balaban J connectivity index is 1.97. The molecule has 1 aromatic heterocycles. The first-order valence-corrected chi connectivity index (χ1v) is 7.95. The van der Waals surface area contributed by atoms with Gasteiger partial charge in [0.05, 0.1) is 0 Å². The first-order valence-electron chi connectivity index (χ1n) is 7.13. The summed E-state index contributed by atoms with van der Waals surface area (Å²) in [6.45, 7) is 5.49. The summed E-state index contributed by atoms with van der Waals surface area (Å²) < 4.78 is 0. The first-order chi connectivity index (χ1) is 9.29. The summed E-state index contributed by atoms with van der Waals surface area (Å²) in [6.07, 6.45) is 3.51. The van der Waals surface area contributed by atoms with Crippen LogP contribution >= 0.6 is 11.3 Å². The van der Waals surface area contributed by atoms with E-state index in [9.17, 15) is 0 Å². The Morgan fingerprint density at radius 3 is 2.53 bits per heavy atom. The fourth-order valence-corrected chi connectivity index (χ4v) is 3.20. The fraction of sp³-hybridized carbons (Fsp3) is 0.412. The average molecular weight is 273 g/mol. The molecule has 102 valence electrons. The van der Waals surface area contributed by atoms with Crippen molar-refractivity contribution < 1.29 is 0 Å². The number of rotatable bonds is 7. The van der Waals surface area contributed by atoms with Crippen molar-refractivity contribution in [3.05, 3.63) is 57.8 Å². The number of benzene rings is 1. The van der Waals surface area contributed by atoms with Crippen LogP contribution in [0.15, 0.2) is 42.5 Å². The molecule has 0 radical (unpaired) electrons. The van der Waals surface area contributed by atoms with Crippen molar-refractivity contribution in [2.45, 2.75) is 39.2 Å². The second kappa shape index (κ2) is 7.46. The van der Waals surface area contributed by atoms with Crippen LogP contribution in [0.5, 0.6) is 0 Å². The number of nitrogens with one attached hydrogen (secondary N) is 1. The molecule has 1 unspecified atom stereocenters. The summed E-state index contributed by atoms with van der Waals surface area (Å²) >= 11 is 1.92. The van der Waals surface area contributed by atoms with Crippen molar-refractivity contribution in [2.75, 3.05) is 6.54 Å². The maximum Gasteiger partial charge on any atom is 0.0323 e. The highest BCUT2D eigenvalue weighted by Crippen LogP contribution is 2.22. The zero-order chi connectivity index (χ0) is 13.5. The Bertz CT molecular complexity index is 475. The van der Waals surface area contributed by atoms with Crippen molar-refractivity contribution >= 4 is 11.3 Å². The lowest BCUT2D eigenvalue weighted by atomic mass is 10.0. The maximum absolute atomic E-state index is 3.67. The second-order valence-electron chi connectivity index (χ2n) is 4.97. The normalized spacial score (nSPS) is 12.5. The van der Waals surface area contributed by atoms with E-state index in [0.717, 1.165) is 13.0 Å². The molecule has 0 fully saturated rings. The van der Waals surface area contributed by atoms with Gasteiger partial charge in [0.2, 0.25) is 0 Å². The van der Waals surface area contributed by atoms with Crippen molar-refractivity contribution in [1.82, 2.24) is 5.32 Å². The standard InChI is InChI=1S/C17H23NS/c1-3-13-18-17(15-7-5-4-6-8-15)12-11-16-10-9-14(2)19-16/h4-10,17-18H,3,11-13H2,1-2H3. The van der Waals surface area contributed by atoms with E-state index in [1.807, 2.05) is 11.3 Å². The largest absolute Gasteiger partial charge is 0.310 e. The molecule has 1 atom stereocenters. The van der Waals surface area contributed by atoms with Crippen molar-refractivity contribution in [3.63, 3.8) is 0 Å². The van der Waals surface area contributed by atoms with Crippen LogP contribution in [-0.4, -0.2) is 6.54 Å². The van der Waals surface area contributed by atoms with Crippen LogP contribution in [0.2, 0.25) is 0 Å². The van der Waals surface area contributed by atoms with Crippen LogP contribution in [0.4, 0.5) is 0 Å². The monoisotopic (exact) mass is 273 g/mol. The molecule has 1 nitrogen and oxygen atoms in total. The molecule has 0 aliphatic rings. The molecule has 2 aromatic rings. The van der Waals surface area contributed by atoms with Gasteiger partial charge >= 0.3 is 0 Å². The van der Waals surface area contributed by atoms with E-state index in [-0.39, 0.29) is 0 Å². The molecular weight excluding hydrogens is 250 g/mol. The minimum atomic E-state index is 0.476. The van der Waals surface area contributed by atoms with Gasteiger partial charge in [-0.3, -0.25) is 0 Å². The molecule has 2 heteroatoms. The van der Waals surface area contributed by atoms with Gasteiger partial charge in [-0.15, -0.1) is 11.3 Å². The number of hydrogen-bond donors (Lipinski definition) is 1. The van der Waals surface area contributed by atoms with E-state index < -0.39 is 0 Å². The molecule has 0 spiro atoms. The Labute approximate surface area is 120 Å². The number of hydrogen-bond acceptors (Lipinski definition) is 2. The Morgan fingerprint density at radius 2 is 1.89 bits per heavy atom. The van der Waals surface area contributed by atoms with Crippen molar-refractivity contribution in [2.24, 2.45) is 0 Å². The summed E-state index contributed by atoms with van der Waals surface area (Å²) in [5.74, 6) is 0. The van der Waals surface area contributed by atoms with Gasteiger partial charge in [-0.25, -0.2) is 0 Å². The molecule has 0 aliphatic heterocycles. The lowest BCUT2D eigenvalue weighted by Gasteiger charge is -2.18. The highest BCUT2D eigenvalue weighted by molar-refractivity contribution is 7.11. The van der Waals surface area contributed by atoms with E-state index in [0.29, 0.717) is 6.04 Å². The third kappa shape index (κ3) is 4.48. The molecule has 0 bridgehead atoms. The van der Waals surface area contributed by atoms with Gasteiger partial charge in [0.25, 0.3) is 0 Å². The lowest BCUT2D eigenvalue weighted by Crippen LogP contribution is -2.22. The van der Waals surface area contributed by atoms with Crippen LogP contribution < -0.4 is 5.32 Å². The van der Waals surface area contributed by atoms with Crippen LogP contribution in [-0.2, 0) is 6.42 Å². The van der Waals surface area contributed by atoms with Crippen molar-refractivity contribution in [1.29, 1.82) is 0 Å². The summed E-state index contributed by atoms with van der Waals surface area (Å²) in [6, 6.07) is 15.8. The third-order valence-corrected chi connectivity index (χ3v) is 4.38. The highest BCUT2D eigenvalue weighted by atomic mass is 32.1. The summed E-state index contributed by atoms with van der Waals surface area (Å²) in [4.78, 5) is 2.91.